The molecule has 5 heteroatoms. The molecule has 0 saturated carbocycles. The van der Waals surface area contributed by atoms with Crippen molar-refractivity contribution < 1.29 is 14.3 Å². The third kappa shape index (κ3) is 4.08. The van der Waals surface area contributed by atoms with Crippen molar-refractivity contribution in [2.45, 2.75) is 37.8 Å². The van der Waals surface area contributed by atoms with Crippen LogP contribution in [-0.2, 0) is 14.3 Å². The summed E-state index contributed by atoms with van der Waals surface area (Å²) in [5.41, 5.74) is 5.59. The zero-order valence-electron chi connectivity index (χ0n) is 10.1. The number of ether oxygens (including phenoxy) is 2. The number of rotatable bonds is 5. The van der Waals surface area contributed by atoms with Crippen LogP contribution in [0.2, 0.25) is 0 Å². The lowest BCUT2D eigenvalue weighted by molar-refractivity contribution is -0.125. The summed E-state index contributed by atoms with van der Waals surface area (Å²) in [7, 11) is 1.60. The molecule has 0 aromatic heterocycles. The fourth-order valence-electron chi connectivity index (χ4n) is 1.71. The molecule has 0 radical (unpaired) electrons. The molecule has 3 N–H and O–H groups in total. The molecule has 1 atom stereocenters. The van der Waals surface area contributed by atoms with Crippen LogP contribution >= 0.6 is 0 Å². The van der Waals surface area contributed by atoms with Crippen LogP contribution < -0.4 is 11.1 Å². The highest BCUT2D eigenvalue weighted by Crippen LogP contribution is 2.19. The number of carbonyl (C=O) groups is 1. The molecule has 5 nitrogen and oxygen atoms in total. The lowest BCUT2D eigenvalue weighted by Gasteiger charge is -2.35. The second-order valence-corrected chi connectivity index (χ2v) is 4.55. The molecule has 1 saturated heterocycles. The normalized spacial score (nSPS) is 21.4. The quantitative estimate of drug-likeness (QED) is 0.699. The van der Waals surface area contributed by atoms with Gasteiger partial charge in [-0.1, -0.05) is 0 Å². The first-order chi connectivity index (χ1) is 7.57. The summed E-state index contributed by atoms with van der Waals surface area (Å²) in [5, 5.41) is 3.00. The molecule has 1 fully saturated rings. The van der Waals surface area contributed by atoms with E-state index in [9.17, 15) is 4.79 Å². The monoisotopic (exact) mass is 230 g/mol. The van der Waals surface area contributed by atoms with E-state index in [-0.39, 0.29) is 11.4 Å². The van der Waals surface area contributed by atoms with Crippen LogP contribution in [0.4, 0.5) is 0 Å². The first-order valence-corrected chi connectivity index (χ1v) is 5.72. The molecule has 94 valence electrons. The van der Waals surface area contributed by atoms with E-state index in [1.165, 1.54) is 0 Å². The van der Waals surface area contributed by atoms with Crippen LogP contribution in [0.15, 0.2) is 0 Å². The largest absolute Gasteiger partial charge is 0.385 e. The number of methoxy groups -OCH3 is 1. The molecule has 1 amide bonds. The second kappa shape index (κ2) is 6.18. The summed E-state index contributed by atoms with van der Waals surface area (Å²) in [6.07, 6.45) is 2.24. The second-order valence-electron chi connectivity index (χ2n) is 4.55. The van der Waals surface area contributed by atoms with E-state index in [1.54, 1.807) is 7.11 Å². The minimum atomic E-state index is -0.486. The van der Waals surface area contributed by atoms with Gasteiger partial charge in [0.05, 0.1) is 6.04 Å². The van der Waals surface area contributed by atoms with Gasteiger partial charge in [-0.25, -0.2) is 0 Å². The van der Waals surface area contributed by atoms with E-state index >= 15 is 0 Å². The smallest absolute Gasteiger partial charge is 0.237 e. The van der Waals surface area contributed by atoms with Crippen LogP contribution in [0.5, 0.6) is 0 Å². The number of amides is 1. The van der Waals surface area contributed by atoms with Crippen molar-refractivity contribution in [1.82, 2.24) is 5.32 Å². The van der Waals surface area contributed by atoms with E-state index in [1.807, 2.05) is 6.92 Å². The van der Waals surface area contributed by atoms with Gasteiger partial charge >= 0.3 is 0 Å². The van der Waals surface area contributed by atoms with Crippen LogP contribution in [-0.4, -0.2) is 44.4 Å². The fraction of sp³-hybridized carbons (Fsp3) is 0.909. The lowest BCUT2D eigenvalue weighted by atomic mass is 9.92. The van der Waals surface area contributed by atoms with E-state index in [2.05, 4.69) is 5.32 Å². The van der Waals surface area contributed by atoms with E-state index in [0.29, 0.717) is 26.2 Å². The standard InChI is InChI=1S/C11H22N2O3/c1-11(4-7-16-8-5-11)13-10(14)9(12)3-6-15-2/h9H,3-8,12H2,1-2H3,(H,13,14). The topological polar surface area (TPSA) is 73.6 Å². The molecule has 0 aliphatic carbocycles. The highest BCUT2D eigenvalue weighted by atomic mass is 16.5. The predicted octanol–water partition coefficient (Wildman–Crippen LogP) is 0.0355. The average Bonchev–Trinajstić information content (AvgIpc) is 2.26. The third-order valence-corrected chi connectivity index (χ3v) is 2.99. The minimum absolute atomic E-state index is 0.0959. The van der Waals surface area contributed by atoms with Gasteiger partial charge < -0.3 is 20.5 Å². The maximum Gasteiger partial charge on any atom is 0.237 e. The van der Waals surface area contributed by atoms with Crippen molar-refractivity contribution in [3.8, 4) is 0 Å². The third-order valence-electron chi connectivity index (χ3n) is 2.99. The molecule has 0 bridgehead atoms. The molecule has 0 spiro atoms. The molecule has 16 heavy (non-hydrogen) atoms. The van der Waals surface area contributed by atoms with Crippen LogP contribution in [0.3, 0.4) is 0 Å². The van der Waals surface area contributed by atoms with E-state index in [0.717, 1.165) is 12.8 Å². The van der Waals surface area contributed by atoms with Crippen molar-refractivity contribution in [3.63, 3.8) is 0 Å². The Morgan fingerprint density at radius 1 is 1.56 bits per heavy atom. The number of nitrogens with two attached hydrogens (primary N) is 1. The Labute approximate surface area is 96.7 Å². The molecule has 0 aromatic rings. The van der Waals surface area contributed by atoms with Gasteiger partial charge in [-0.2, -0.15) is 0 Å². The number of hydrogen-bond acceptors (Lipinski definition) is 4. The Bertz CT molecular complexity index is 227. The highest BCUT2D eigenvalue weighted by molar-refractivity contribution is 5.82. The Kier molecular flexibility index (Phi) is 5.18. The maximum absolute atomic E-state index is 11.8. The van der Waals surface area contributed by atoms with Gasteiger partial charge in [0.15, 0.2) is 0 Å². The molecular formula is C11H22N2O3. The molecular weight excluding hydrogens is 208 g/mol. The Hall–Kier alpha value is -0.650. The summed E-state index contributed by atoms with van der Waals surface area (Å²) in [5.74, 6) is -0.0959. The Balaban J connectivity index is 2.36. The zero-order chi connectivity index (χ0) is 12.0. The maximum atomic E-state index is 11.8. The van der Waals surface area contributed by atoms with Gasteiger partial charge in [-0.05, 0) is 26.2 Å². The fourth-order valence-corrected chi connectivity index (χ4v) is 1.71. The first kappa shape index (κ1) is 13.4. The van der Waals surface area contributed by atoms with Crippen molar-refractivity contribution in [1.29, 1.82) is 0 Å². The highest BCUT2D eigenvalue weighted by Gasteiger charge is 2.30. The van der Waals surface area contributed by atoms with Crippen molar-refractivity contribution in [2.24, 2.45) is 5.73 Å². The summed E-state index contributed by atoms with van der Waals surface area (Å²) in [6.45, 7) is 3.94. The van der Waals surface area contributed by atoms with Gasteiger partial charge in [0.2, 0.25) is 5.91 Å². The summed E-state index contributed by atoms with van der Waals surface area (Å²) < 4.78 is 10.2. The number of carbonyl (C=O) groups excluding carboxylic acids is 1. The molecule has 1 rings (SSSR count). The molecule has 0 aromatic carbocycles. The van der Waals surface area contributed by atoms with Crippen molar-refractivity contribution >= 4 is 5.91 Å². The summed E-state index contributed by atoms with van der Waals surface area (Å²) >= 11 is 0. The van der Waals surface area contributed by atoms with Gasteiger partial charge in [-0.15, -0.1) is 0 Å². The lowest BCUT2D eigenvalue weighted by Crippen LogP contribution is -2.54. The van der Waals surface area contributed by atoms with Crippen LogP contribution in [0, 0.1) is 0 Å². The number of hydrogen-bond donors (Lipinski definition) is 2. The van der Waals surface area contributed by atoms with Gasteiger partial charge in [-0.3, -0.25) is 4.79 Å². The Morgan fingerprint density at radius 2 is 2.19 bits per heavy atom. The van der Waals surface area contributed by atoms with Gasteiger partial charge in [0, 0.05) is 32.5 Å². The number of nitrogens with one attached hydrogen (secondary N) is 1. The van der Waals surface area contributed by atoms with Crippen molar-refractivity contribution in [2.75, 3.05) is 26.9 Å². The van der Waals surface area contributed by atoms with Crippen molar-refractivity contribution in [3.05, 3.63) is 0 Å². The van der Waals surface area contributed by atoms with Gasteiger partial charge in [0.25, 0.3) is 0 Å². The molecule has 1 heterocycles. The van der Waals surface area contributed by atoms with E-state index < -0.39 is 6.04 Å². The Morgan fingerprint density at radius 3 is 2.75 bits per heavy atom. The summed E-state index contributed by atoms with van der Waals surface area (Å²) in [4.78, 5) is 11.8. The van der Waals surface area contributed by atoms with Crippen LogP contribution in [0.25, 0.3) is 0 Å². The average molecular weight is 230 g/mol. The summed E-state index contributed by atoms with van der Waals surface area (Å²) in [6, 6.07) is -0.486. The minimum Gasteiger partial charge on any atom is -0.385 e. The molecule has 1 aliphatic heterocycles. The first-order valence-electron chi connectivity index (χ1n) is 5.72. The molecule has 1 aliphatic rings. The SMILES string of the molecule is COCCC(N)C(=O)NC1(C)CCOCC1. The van der Waals surface area contributed by atoms with Crippen LogP contribution in [0.1, 0.15) is 26.2 Å². The predicted molar refractivity (Wildman–Crippen MR) is 61.1 cm³/mol. The van der Waals surface area contributed by atoms with E-state index in [4.69, 9.17) is 15.2 Å². The van der Waals surface area contributed by atoms with Gasteiger partial charge in [0.1, 0.15) is 0 Å². The zero-order valence-corrected chi connectivity index (χ0v) is 10.1. The molecule has 1 unspecified atom stereocenters.